The molecule has 33 heavy (non-hydrogen) atoms. The van der Waals surface area contributed by atoms with Gasteiger partial charge >= 0.3 is 6.09 Å². The molecule has 1 aliphatic rings. The predicted molar refractivity (Wildman–Crippen MR) is 127 cm³/mol. The lowest BCUT2D eigenvalue weighted by atomic mass is 10.1. The Morgan fingerprint density at radius 2 is 1.64 bits per heavy atom. The number of nitrogens with one attached hydrogen (secondary N) is 1. The summed E-state index contributed by atoms with van der Waals surface area (Å²) < 4.78 is 7.60. The molecule has 0 spiro atoms. The number of carbonyl (C=O) groups excluding carboxylic acids is 2. The molecule has 1 N–H and O–H groups in total. The Hall–Kier alpha value is -3.61. The zero-order chi connectivity index (χ0) is 23.6. The van der Waals surface area contributed by atoms with Gasteiger partial charge in [0.15, 0.2) is 5.69 Å². The Morgan fingerprint density at radius 3 is 2.27 bits per heavy atom. The van der Waals surface area contributed by atoms with Crippen LogP contribution in [0.3, 0.4) is 0 Å². The lowest BCUT2D eigenvalue weighted by Crippen LogP contribution is -2.42. The first-order valence-electron chi connectivity index (χ1n) is 11.2. The molecule has 0 bridgehead atoms. The minimum atomic E-state index is -0.588. The van der Waals surface area contributed by atoms with Crippen LogP contribution in [0.15, 0.2) is 60.7 Å². The van der Waals surface area contributed by atoms with E-state index in [2.05, 4.69) is 5.32 Å². The van der Waals surface area contributed by atoms with Crippen LogP contribution in [0.4, 0.5) is 4.79 Å². The number of carbonyl (C=O) groups is 2. The summed E-state index contributed by atoms with van der Waals surface area (Å²) in [7, 11) is 0. The first kappa shape index (κ1) is 22.6. The summed E-state index contributed by atoms with van der Waals surface area (Å²) >= 11 is 0. The highest BCUT2D eigenvalue weighted by Gasteiger charge is 2.32. The van der Waals surface area contributed by atoms with Crippen LogP contribution in [-0.4, -0.2) is 38.6 Å². The van der Waals surface area contributed by atoms with Crippen molar-refractivity contribution in [1.29, 1.82) is 0 Å². The molecule has 2 aromatic carbocycles. The van der Waals surface area contributed by atoms with Gasteiger partial charge in [0.1, 0.15) is 11.4 Å². The zero-order valence-corrected chi connectivity index (χ0v) is 19.5. The van der Waals surface area contributed by atoms with Crippen molar-refractivity contribution in [3.8, 4) is 11.4 Å². The molecule has 2 heterocycles. The fraction of sp³-hybridized carbons (Fsp3) is 0.346. The third-order valence-corrected chi connectivity index (χ3v) is 5.55. The van der Waals surface area contributed by atoms with Gasteiger partial charge in [0.2, 0.25) is 0 Å². The maximum absolute atomic E-state index is 13.3. The topological polar surface area (TPSA) is 76.5 Å². The second-order valence-corrected chi connectivity index (χ2v) is 9.26. The Kier molecular flexibility index (Phi) is 6.22. The van der Waals surface area contributed by atoms with Crippen molar-refractivity contribution >= 4 is 12.0 Å². The largest absolute Gasteiger partial charge is 0.444 e. The Labute approximate surface area is 194 Å². The number of aromatic nitrogens is 2. The molecule has 4 rings (SSSR count). The highest BCUT2D eigenvalue weighted by Crippen LogP contribution is 2.28. The number of ether oxygens (including phenoxy) is 1. The molecule has 1 aromatic heterocycles. The number of hydrogen-bond donors (Lipinski definition) is 1. The molecule has 0 fully saturated rings. The summed E-state index contributed by atoms with van der Waals surface area (Å²) in [5.74, 6) is 0.468. The third kappa shape index (κ3) is 5.08. The fourth-order valence-electron chi connectivity index (χ4n) is 3.93. The van der Waals surface area contributed by atoms with Gasteiger partial charge in [-0.25, -0.2) is 9.78 Å². The van der Waals surface area contributed by atoms with Crippen molar-refractivity contribution in [2.24, 2.45) is 0 Å². The molecular weight excluding hydrogens is 416 g/mol. The molecule has 172 valence electrons. The van der Waals surface area contributed by atoms with Crippen LogP contribution < -0.4 is 5.32 Å². The van der Waals surface area contributed by atoms with Crippen LogP contribution >= 0.6 is 0 Å². The average Bonchev–Trinajstić information content (AvgIpc) is 3.18. The van der Waals surface area contributed by atoms with Crippen molar-refractivity contribution in [3.63, 3.8) is 0 Å². The van der Waals surface area contributed by atoms with Gasteiger partial charge in [-0.05, 0) is 33.3 Å². The van der Waals surface area contributed by atoms with Crippen molar-refractivity contribution in [1.82, 2.24) is 19.8 Å². The highest BCUT2D eigenvalue weighted by molar-refractivity contribution is 5.94. The quantitative estimate of drug-likeness (QED) is 0.625. The maximum Gasteiger partial charge on any atom is 0.410 e. The van der Waals surface area contributed by atoms with E-state index in [0.717, 1.165) is 17.0 Å². The van der Waals surface area contributed by atoms with E-state index in [1.165, 1.54) is 0 Å². The van der Waals surface area contributed by atoms with Gasteiger partial charge in [-0.2, -0.15) is 0 Å². The third-order valence-electron chi connectivity index (χ3n) is 5.55. The number of benzene rings is 2. The maximum atomic E-state index is 13.3. The molecular formula is C26H30N4O3. The molecule has 2 amide bonds. The van der Waals surface area contributed by atoms with E-state index in [-0.39, 0.29) is 24.6 Å². The second-order valence-electron chi connectivity index (χ2n) is 9.26. The second kappa shape index (κ2) is 9.10. The number of nitrogens with zero attached hydrogens (tertiary/aromatic N) is 3. The van der Waals surface area contributed by atoms with E-state index >= 15 is 0 Å². The van der Waals surface area contributed by atoms with Gasteiger partial charge in [-0.3, -0.25) is 4.79 Å². The smallest absolute Gasteiger partial charge is 0.410 e. The van der Waals surface area contributed by atoms with Crippen molar-refractivity contribution in [2.45, 2.75) is 52.4 Å². The van der Waals surface area contributed by atoms with E-state index in [1.807, 2.05) is 92.9 Å². The number of amides is 2. The first-order valence-corrected chi connectivity index (χ1v) is 11.2. The molecule has 7 heteroatoms. The molecule has 0 saturated carbocycles. The number of rotatable bonds is 4. The standard InChI is InChI=1S/C26H30N4O3/c1-18(19-11-7-5-8-12-19)27-24(31)22-21-17-29(25(32)33-26(2,3)4)15-16-30(21)23(28-22)20-13-9-6-10-14-20/h5-14,18H,15-17H2,1-4H3,(H,27,31). The molecule has 0 saturated heterocycles. The Bertz CT molecular complexity index is 1130. The normalized spacial score (nSPS) is 14.4. The highest BCUT2D eigenvalue weighted by atomic mass is 16.6. The van der Waals surface area contributed by atoms with E-state index < -0.39 is 5.60 Å². The Balaban J connectivity index is 1.66. The van der Waals surface area contributed by atoms with Crippen LogP contribution in [0.5, 0.6) is 0 Å². The van der Waals surface area contributed by atoms with Crippen LogP contribution in [0.1, 0.15) is 55.5 Å². The monoisotopic (exact) mass is 446 g/mol. The number of fused-ring (bicyclic) bond motifs is 1. The number of imidazole rings is 1. The van der Waals surface area contributed by atoms with Crippen LogP contribution in [-0.2, 0) is 17.8 Å². The first-order chi connectivity index (χ1) is 15.7. The number of hydrogen-bond acceptors (Lipinski definition) is 4. The van der Waals surface area contributed by atoms with Gasteiger partial charge in [0.05, 0.1) is 18.3 Å². The molecule has 3 aromatic rings. The zero-order valence-electron chi connectivity index (χ0n) is 19.5. The summed E-state index contributed by atoms with van der Waals surface area (Å²) in [6, 6.07) is 19.4. The lowest BCUT2D eigenvalue weighted by Gasteiger charge is -2.31. The van der Waals surface area contributed by atoms with Crippen LogP contribution in [0, 0.1) is 0 Å². The summed E-state index contributed by atoms with van der Waals surface area (Å²) in [5, 5.41) is 3.06. The van der Waals surface area contributed by atoms with Gasteiger partial charge in [-0.15, -0.1) is 0 Å². The van der Waals surface area contributed by atoms with Gasteiger partial charge in [0, 0.05) is 18.7 Å². The minimum absolute atomic E-state index is 0.179. The SMILES string of the molecule is CC(NC(=O)c1nc(-c2ccccc2)n2c1CN(C(=O)OC(C)(C)C)CC2)c1ccccc1. The minimum Gasteiger partial charge on any atom is -0.444 e. The summed E-state index contributed by atoms with van der Waals surface area (Å²) in [6.07, 6.45) is -0.389. The van der Waals surface area contributed by atoms with E-state index in [0.29, 0.717) is 24.5 Å². The van der Waals surface area contributed by atoms with Crippen LogP contribution in [0.25, 0.3) is 11.4 Å². The van der Waals surface area contributed by atoms with Crippen molar-refractivity contribution in [2.75, 3.05) is 6.54 Å². The molecule has 1 aliphatic heterocycles. The fourth-order valence-corrected chi connectivity index (χ4v) is 3.93. The summed E-state index contributed by atoms with van der Waals surface area (Å²) in [5.41, 5.74) is 2.40. The molecule has 7 nitrogen and oxygen atoms in total. The lowest BCUT2D eigenvalue weighted by molar-refractivity contribution is 0.0198. The Morgan fingerprint density at radius 1 is 1.00 bits per heavy atom. The summed E-state index contributed by atoms with van der Waals surface area (Å²) in [6.45, 7) is 8.76. The van der Waals surface area contributed by atoms with E-state index in [1.54, 1.807) is 4.90 Å². The van der Waals surface area contributed by atoms with Gasteiger partial charge in [0.25, 0.3) is 5.91 Å². The van der Waals surface area contributed by atoms with E-state index in [4.69, 9.17) is 9.72 Å². The molecule has 1 unspecified atom stereocenters. The average molecular weight is 447 g/mol. The van der Waals surface area contributed by atoms with Gasteiger partial charge in [-0.1, -0.05) is 60.7 Å². The van der Waals surface area contributed by atoms with Crippen molar-refractivity contribution < 1.29 is 14.3 Å². The van der Waals surface area contributed by atoms with Gasteiger partial charge < -0.3 is 19.5 Å². The summed E-state index contributed by atoms with van der Waals surface area (Å²) in [4.78, 5) is 32.4. The van der Waals surface area contributed by atoms with Crippen LogP contribution in [0.2, 0.25) is 0 Å². The molecule has 0 radical (unpaired) electrons. The van der Waals surface area contributed by atoms with E-state index in [9.17, 15) is 9.59 Å². The predicted octanol–water partition coefficient (Wildman–Crippen LogP) is 4.79. The molecule has 1 atom stereocenters. The van der Waals surface area contributed by atoms with Crippen molar-refractivity contribution in [3.05, 3.63) is 77.6 Å². The molecule has 0 aliphatic carbocycles.